The Balaban J connectivity index is 2.75. The molecule has 1 rings (SSSR count). The Kier molecular flexibility index (Phi) is 4.04. The summed E-state index contributed by atoms with van der Waals surface area (Å²) in [7, 11) is 0. The summed E-state index contributed by atoms with van der Waals surface area (Å²) < 4.78 is 36.6. The third-order valence-corrected chi connectivity index (χ3v) is 2.13. The molecule has 2 nitrogen and oxygen atoms in total. The highest BCUT2D eigenvalue weighted by atomic mass is 19.4. The molecule has 0 fully saturated rings. The van der Waals surface area contributed by atoms with Crippen LogP contribution in [0.1, 0.15) is 42.2 Å². The highest BCUT2D eigenvalue weighted by molar-refractivity contribution is 5.94. The molecule has 0 unspecified atom stereocenters. The lowest BCUT2D eigenvalue weighted by Gasteiger charge is -2.06. The van der Waals surface area contributed by atoms with Crippen molar-refractivity contribution in [1.82, 2.24) is 4.98 Å². The molecule has 0 N–H and O–H groups in total. The molecular weight excluding hydrogens is 219 g/mol. The van der Waals surface area contributed by atoms with E-state index >= 15 is 0 Å². The van der Waals surface area contributed by atoms with Gasteiger partial charge in [-0.3, -0.25) is 9.78 Å². The largest absolute Gasteiger partial charge is 0.417 e. The van der Waals surface area contributed by atoms with Crippen LogP contribution in [0.4, 0.5) is 13.2 Å². The number of nitrogens with zero attached hydrogens (tertiary/aromatic N) is 1. The second kappa shape index (κ2) is 5.09. The number of alkyl halides is 3. The van der Waals surface area contributed by atoms with Crippen molar-refractivity contribution >= 4 is 5.78 Å². The maximum Gasteiger partial charge on any atom is 0.417 e. The van der Waals surface area contributed by atoms with Crippen LogP contribution < -0.4 is 0 Å². The van der Waals surface area contributed by atoms with Crippen LogP contribution in [-0.2, 0) is 6.18 Å². The van der Waals surface area contributed by atoms with E-state index < -0.39 is 11.7 Å². The van der Waals surface area contributed by atoms with Gasteiger partial charge in [0.2, 0.25) is 0 Å². The van der Waals surface area contributed by atoms with Crippen LogP contribution in [-0.4, -0.2) is 10.8 Å². The molecule has 0 aliphatic rings. The van der Waals surface area contributed by atoms with Crippen LogP contribution in [0, 0.1) is 0 Å². The number of ketones is 1. The van der Waals surface area contributed by atoms with Crippen LogP contribution in [0.3, 0.4) is 0 Å². The van der Waals surface area contributed by atoms with E-state index in [2.05, 4.69) is 4.98 Å². The van der Waals surface area contributed by atoms with Gasteiger partial charge >= 0.3 is 6.18 Å². The van der Waals surface area contributed by atoms with Gasteiger partial charge in [-0.25, -0.2) is 0 Å². The van der Waals surface area contributed by atoms with Crippen molar-refractivity contribution < 1.29 is 18.0 Å². The molecule has 0 amide bonds. The van der Waals surface area contributed by atoms with Crippen molar-refractivity contribution in [2.75, 3.05) is 0 Å². The maximum atomic E-state index is 12.2. The number of unbranched alkanes of at least 4 members (excludes halogenated alkanes) is 1. The standard InChI is InChI=1S/C11H12F3NO/c1-2-3-4-10(16)9-6-5-8(7-15-9)11(12,13)14/h5-7H,2-4H2,1H3. The third-order valence-electron chi connectivity index (χ3n) is 2.13. The molecule has 0 spiro atoms. The number of halogens is 3. The Morgan fingerprint density at radius 1 is 1.38 bits per heavy atom. The van der Waals surface area contributed by atoms with Gasteiger partial charge in [0.15, 0.2) is 5.78 Å². The van der Waals surface area contributed by atoms with Gasteiger partial charge in [-0.1, -0.05) is 13.3 Å². The minimum atomic E-state index is -4.40. The second-order valence-electron chi connectivity index (χ2n) is 3.46. The molecule has 0 aliphatic carbocycles. The molecule has 0 saturated carbocycles. The Labute approximate surface area is 91.5 Å². The molecular formula is C11H12F3NO. The van der Waals surface area contributed by atoms with Gasteiger partial charge in [0.25, 0.3) is 0 Å². The summed E-state index contributed by atoms with van der Waals surface area (Å²) in [5.41, 5.74) is -0.735. The first kappa shape index (κ1) is 12.7. The highest BCUT2D eigenvalue weighted by Gasteiger charge is 2.30. The molecule has 0 atom stereocenters. The predicted molar refractivity (Wildman–Crippen MR) is 53.1 cm³/mol. The molecule has 0 aliphatic heterocycles. The molecule has 0 radical (unpaired) electrons. The van der Waals surface area contributed by atoms with E-state index in [1.54, 1.807) is 0 Å². The monoisotopic (exact) mass is 231 g/mol. The fourth-order valence-electron chi connectivity index (χ4n) is 1.19. The Morgan fingerprint density at radius 3 is 2.50 bits per heavy atom. The Bertz CT molecular complexity index is 356. The molecule has 1 aromatic heterocycles. The summed E-state index contributed by atoms with van der Waals surface area (Å²) in [5.74, 6) is -0.212. The minimum absolute atomic E-state index is 0.0986. The zero-order chi connectivity index (χ0) is 12.2. The van der Waals surface area contributed by atoms with Gasteiger partial charge in [-0.05, 0) is 18.6 Å². The van der Waals surface area contributed by atoms with Crippen molar-refractivity contribution in [2.24, 2.45) is 0 Å². The summed E-state index contributed by atoms with van der Waals surface area (Å²) in [6.45, 7) is 1.94. The van der Waals surface area contributed by atoms with Crippen molar-refractivity contribution in [2.45, 2.75) is 32.4 Å². The topological polar surface area (TPSA) is 30.0 Å². The summed E-state index contributed by atoms with van der Waals surface area (Å²) >= 11 is 0. The van der Waals surface area contributed by atoms with Crippen LogP contribution in [0.25, 0.3) is 0 Å². The van der Waals surface area contributed by atoms with Crippen molar-refractivity contribution in [3.8, 4) is 0 Å². The van der Waals surface area contributed by atoms with Crippen molar-refractivity contribution in [1.29, 1.82) is 0 Å². The van der Waals surface area contributed by atoms with Crippen LogP contribution in [0.15, 0.2) is 18.3 Å². The molecule has 88 valence electrons. The Hall–Kier alpha value is -1.39. The minimum Gasteiger partial charge on any atom is -0.292 e. The van der Waals surface area contributed by atoms with E-state index in [4.69, 9.17) is 0 Å². The van der Waals surface area contributed by atoms with E-state index in [0.29, 0.717) is 12.6 Å². The fourth-order valence-corrected chi connectivity index (χ4v) is 1.19. The number of carbonyl (C=O) groups excluding carboxylic acids is 1. The van der Waals surface area contributed by atoms with Crippen LogP contribution in [0.5, 0.6) is 0 Å². The molecule has 0 saturated heterocycles. The number of aromatic nitrogens is 1. The number of Topliss-reactive ketones (excluding diaryl/α,β-unsaturated/α-hetero) is 1. The molecule has 16 heavy (non-hydrogen) atoms. The first-order chi connectivity index (χ1) is 7.45. The number of hydrogen-bond donors (Lipinski definition) is 0. The SMILES string of the molecule is CCCCC(=O)c1ccc(C(F)(F)F)cn1. The van der Waals surface area contributed by atoms with Crippen molar-refractivity contribution in [3.05, 3.63) is 29.6 Å². The predicted octanol–water partition coefficient (Wildman–Crippen LogP) is 3.47. The lowest BCUT2D eigenvalue weighted by Crippen LogP contribution is -2.08. The van der Waals surface area contributed by atoms with Gasteiger partial charge in [0.05, 0.1) is 5.56 Å². The van der Waals surface area contributed by atoms with E-state index in [-0.39, 0.29) is 11.5 Å². The summed E-state index contributed by atoms with van der Waals surface area (Å²) in [6.07, 6.45) is -1.79. The number of carbonyl (C=O) groups is 1. The van der Waals surface area contributed by atoms with Crippen LogP contribution in [0.2, 0.25) is 0 Å². The van der Waals surface area contributed by atoms with E-state index in [9.17, 15) is 18.0 Å². The van der Waals surface area contributed by atoms with Gasteiger partial charge in [-0.2, -0.15) is 13.2 Å². The van der Waals surface area contributed by atoms with E-state index in [1.807, 2.05) is 6.92 Å². The lowest BCUT2D eigenvalue weighted by molar-refractivity contribution is -0.137. The second-order valence-corrected chi connectivity index (χ2v) is 3.46. The highest BCUT2D eigenvalue weighted by Crippen LogP contribution is 2.28. The summed E-state index contributed by atoms with van der Waals surface area (Å²) in [5, 5.41) is 0. The summed E-state index contributed by atoms with van der Waals surface area (Å²) in [6, 6.07) is 2.01. The van der Waals surface area contributed by atoms with Gasteiger partial charge in [0, 0.05) is 12.6 Å². The average Bonchev–Trinajstić information content (AvgIpc) is 2.25. The van der Waals surface area contributed by atoms with Gasteiger partial charge in [-0.15, -0.1) is 0 Å². The first-order valence-corrected chi connectivity index (χ1v) is 5.01. The molecule has 0 aromatic carbocycles. The first-order valence-electron chi connectivity index (χ1n) is 5.01. The average molecular weight is 231 g/mol. The lowest BCUT2D eigenvalue weighted by atomic mass is 10.1. The molecule has 0 bridgehead atoms. The number of pyridine rings is 1. The van der Waals surface area contributed by atoms with Crippen molar-refractivity contribution in [3.63, 3.8) is 0 Å². The summed E-state index contributed by atoms with van der Waals surface area (Å²) in [4.78, 5) is 14.9. The van der Waals surface area contributed by atoms with Gasteiger partial charge in [0.1, 0.15) is 5.69 Å². The fraction of sp³-hybridized carbons (Fsp3) is 0.455. The number of rotatable bonds is 4. The quantitative estimate of drug-likeness (QED) is 0.742. The molecule has 5 heteroatoms. The third kappa shape index (κ3) is 3.32. The zero-order valence-electron chi connectivity index (χ0n) is 8.84. The Morgan fingerprint density at radius 2 is 2.06 bits per heavy atom. The maximum absolute atomic E-state index is 12.2. The normalized spacial score (nSPS) is 11.5. The molecule has 1 heterocycles. The van der Waals surface area contributed by atoms with Crippen LogP contribution >= 0.6 is 0 Å². The van der Waals surface area contributed by atoms with Gasteiger partial charge < -0.3 is 0 Å². The smallest absolute Gasteiger partial charge is 0.292 e. The van der Waals surface area contributed by atoms with E-state index in [1.165, 1.54) is 0 Å². The zero-order valence-corrected chi connectivity index (χ0v) is 8.84. The number of hydrogen-bond acceptors (Lipinski definition) is 2. The van der Waals surface area contributed by atoms with E-state index in [0.717, 1.165) is 25.0 Å². The molecule has 1 aromatic rings.